The standard InChI is InChI=1S/C17H19ClN2O4S/c1-3-24-16-7-5-4-6-15(16)19-17(21)12-20(2)25(22,23)14-10-8-13(18)9-11-14/h4-11H,3,12H2,1-2H3,(H,19,21). The van der Waals surface area contributed by atoms with Crippen molar-refractivity contribution in [2.75, 3.05) is 25.5 Å². The number of rotatable bonds is 7. The summed E-state index contributed by atoms with van der Waals surface area (Å²) in [5, 5.41) is 3.10. The molecule has 0 aliphatic rings. The second-order valence-corrected chi connectivity index (χ2v) is 7.67. The first-order valence-electron chi connectivity index (χ1n) is 7.58. The summed E-state index contributed by atoms with van der Waals surface area (Å²) in [7, 11) is -2.44. The number of carbonyl (C=O) groups is 1. The van der Waals surface area contributed by atoms with Crippen molar-refractivity contribution < 1.29 is 17.9 Å². The summed E-state index contributed by atoms with van der Waals surface area (Å²) < 4.78 is 31.4. The number of nitrogens with one attached hydrogen (secondary N) is 1. The molecule has 1 amide bonds. The van der Waals surface area contributed by atoms with E-state index in [-0.39, 0.29) is 11.4 Å². The normalized spacial score (nSPS) is 11.4. The summed E-state index contributed by atoms with van der Waals surface area (Å²) in [6, 6.07) is 12.7. The van der Waals surface area contributed by atoms with Crippen LogP contribution in [0.4, 0.5) is 5.69 Å². The molecule has 0 aromatic heterocycles. The molecule has 2 aromatic carbocycles. The van der Waals surface area contributed by atoms with Gasteiger partial charge in [-0.1, -0.05) is 23.7 Å². The summed E-state index contributed by atoms with van der Waals surface area (Å²) in [6.45, 7) is 1.97. The van der Waals surface area contributed by atoms with Crippen LogP contribution in [0.2, 0.25) is 5.02 Å². The van der Waals surface area contributed by atoms with Crippen LogP contribution in [0.5, 0.6) is 5.75 Å². The van der Waals surface area contributed by atoms with Gasteiger partial charge in [-0.3, -0.25) is 4.79 Å². The molecule has 2 rings (SSSR count). The lowest BCUT2D eigenvalue weighted by molar-refractivity contribution is -0.116. The fourth-order valence-electron chi connectivity index (χ4n) is 2.11. The minimum absolute atomic E-state index is 0.0712. The molecular formula is C17H19ClN2O4S. The van der Waals surface area contributed by atoms with Crippen LogP contribution in [-0.4, -0.2) is 38.8 Å². The van der Waals surface area contributed by atoms with Gasteiger partial charge in [0.05, 0.1) is 23.7 Å². The van der Waals surface area contributed by atoms with E-state index in [1.807, 2.05) is 6.92 Å². The highest BCUT2D eigenvalue weighted by molar-refractivity contribution is 7.89. The van der Waals surface area contributed by atoms with Crippen LogP contribution in [0.25, 0.3) is 0 Å². The van der Waals surface area contributed by atoms with Gasteiger partial charge in [-0.05, 0) is 43.3 Å². The zero-order valence-electron chi connectivity index (χ0n) is 13.9. The summed E-state index contributed by atoms with van der Waals surface area (Å²) in [4.78, 5) is 12.3. The summed E-state index contributed by atoms with van der Waals surface area (Å²) in [6.07, 6.45) is 0. The molecule has 8 heteroatoms. The number of halogens is 1. The van der Waals surface area contributed by atoms with Crippen LogP contribution in [0, 0.1) is 0 Å². The van der Waals surface area contributed by atoms with E-state index >= 15 is 0 Å². The summed E-state index contributed by atoms with van der Waals surface area (Å²) in [5.74, 6) is 0.0637. The number of ether oxygens (including phenoxy) is 1. The Labute approximate surface area is 152 Å². The van der Waals surface area contributed by atoms with Crippen molar-refractivity contribution in [2.24, 2.45) is 0 Å². The molecule has 0 aliphatic heterocycles. The van der Waals surface area contributed by atoms with Gasteiger partial charge in [0.15, 0.2) is 0 Å². The van der Waals surface area contributed by atoms with Gasteiger partial charge in [-0.15, -0.1) is 0 Å². The van der Waals surface area contributed by atoms with Gasteiger partial charge in [0.2, 0.25) is 15.9 Å². The van der Waals surface area contributed by atoms with Gasteiger partial charge in [0, 0.05) is 12.1 Å². The van der Waals surface area contributed by atoms with E-state index in [1.54, 1.807) is 24.3 Å². The number of para-hydroxylation sites is 2. The highest BCUT2D eigenvalue weighted by Gasteiger charge is 2.23. The summed E-state index contributed by atoms with van der Waals surface area (Å²) >= 11 is 5.77. The van der Waals surface area contributed by atoms with E-state index in [1.165, 1.54) is 31.3 Å². The number of benzene rings is 2. The molecule has 0 aliphatic carbocycles. The van der Waals surface area contributed by atoms with E-state index in [4.69, 9.17) is 16.3 Å². The van der Waals surface area contributed by atoms with E-state index in [9.17, 15) is 13.2 Å². The van der Waals surface area contributed by atoms with E-state index < -0.39 is 15.9 Å². The maximum Gasteiger partial charge on any atom is 0.243 e. The van der Waals surface area contributed by atoms with Gasteiger partial charge < -0.3 is 10.1 Å². The zero-order valence-corrected chi connectivity index (χ0v) is 15.5. The number of carbonyl (C=O) groups excluding carboxylic acids is 1. The Hall–Kier alpha value is -2.09. The molecule has 6 nitrogen and oxygen atoms in total. The van der Waals surface area contributed by atoms with Gasteiger partial charge in [0.25, 0.3) is 0 Å². The lowest BCUT2D eigenvalue weighted by atomic mass is 10.3. The zero-order chi connectivity index (χ0) is 18.4. The average molecular weight is 383 g/mol. The van der Waals surface area contributed by atoms with Gasteiger partial charge >= 0.3 is 0 Å². The number of hydrogen-bond donors (Lipinski definition) is 1. The van der Waals surface area contributed by atoms with Crippen molar-refractivity contribution in [3.05, 3.63) is 53.6 Å². The largest absolute Gasteiger partial charge is 0.492 e. The van der Waals surface area contributed by atoms with Crippen LogP contribution >= 0.6 is 11.6 Å². The maximum atomic E-state index is 12.5. The molecule has 2 aromatic rings. The van der Waals surface area contributed by atoms with Crippen molar-refractivity contribution >= 4 is 33.2 Å². The van der Waals surface area contributed by atoms with E-state index in [0.717, 1.165) is 4.31 Å². The van der Waals surface area contributed by atoms with Crippen LogP contribution in [0.1, 0.15) is 6.92 Å². The molecule has 0 atom stereocenters. The average Bonchev–Trinajstić information content (AvgIpc) is 2.57. The first-order chi connectivity index (χ1) is 11.8. The number of nitrogens with zero attached hydrogens (tertiary/aromatic N) is 1. The number of likely N-dealkylation sites (N-methyl/N-ethyl adjacent to an activating group) is 1. The number of hydrogen-bond acceptors (Lipinski definition) is 4. The molecule has 25 heavy (non-hydrogen) atoms. The molecule has 0 unspecified atom stereocenters. The lowest BCUT2D eigenvalue weighted by Gasteiger charge is -2.17. The fraction of sp³-hybridized carbons (Fsp3) is 0.235. The molecule has 1 N–H and O–H groups in total. The molecule has 0 bridgehead atoms. The van der Waals surface area contributed by atoms with Crippen LogP contribution in [-0.2, 0) is 14.8 Å². The van der Waals surface area contributed by atoms with Crippen molar-refractivity contribution in [3.8, 4) is 5.75 Å². The van der Waals surface area contributed by atoms with E-state index in [2.05, 4.69) is 5.32 Å². The first-order valence-corrected chi connectivity index (χ1v) is 9.40. The van der Waals surface area contributed by atoms with Crippen LogP contribution in [0.3, 0.4) is 0 Å². The molecule has 0 saturated carbocycles. The molecule has 0 heterocycles. The highest BCUT2D eigenvalue weighted by atomic mass is 35.5. The van der Waals surface area contributed by atoms with Crippen molar-refractivity contribution in [1.82, 2.24) is 4.31 Å². The minimum Gasteiger partial charge on any atom is -0.492 e. The fourth-order valence-corrected chi connectivity index (χ4v) is 3.37. The maximum absolute atomic E-state index is 12.5. The third kappa shape index (κ3) is 4.94. The molecular weight excluding hydrogens is 364 g/mol. The number of anilines is 1. The third-order valence-electron chi connectivity index (χ3n) is 3.35. The SMILES string of the molecule is CCOc1ccccc1NC(=O)CN(C)S(=O)(=O)c1ccc(Cl)cc1. The van der Waals surface area contributed by atoms with Crippen molar-refractivity contribution in [2.45, 2.75) is 11.8 Å². The predicted octanol–water partition coefficient (Wildman–Crippen LogP) is 3.00. The Morgan fingerprint density at radius 2 is 1.80 bits per heavy atom. The Bertz CT molecular complexity index is 838. The topological polar surface area (TPSA) is 75.7 Å². The molecule has 0 fully saturated rings. The Morgan fingerprint density at radius 3 is 2.44 bits per heavy atom. The Balaban J connectivity index is 2.08. The lowest BCUT2D eigenvalue weighted by Crippen LogP contribution is -2.35. The molecule has 0 spiro atoms. The Morgan fingerprint density at radius 1 is 1.16 bits per heavy atom. The quantitative estimate of drug-likeness (QED) is 0.798. The second kappa shape index (κ2) is 8.33. The highest BCUT2D eigenvalue weighted by Crippen LogP contribution is 2.24. The smallest absolute Gasteiger partial charge is 0.243 e. The van der Waals surface area contributed by atoms with E-state index in [0.29, 0.717) is 23.1 Å². The van der Waals surface area contributed by atoms with Crippen LogP contribution < -0.4 is 10.1 Å². The first kappa shape index (κ1) is 19.2. The second-order valence-electron chi connectivity index (χ2n) is 5.19. The molecule has 0 radical (unpaired) electrons. The van der Waals surface area contributed by atoms with Crippen LogP contribution in [0.15, 0.2) is 53.4 Å². The Kier molecular flexibility index (Phi) is 6.41. The van der Waals surface area contributed by atoms with Gasteiger partial charge in [0.1, 0.15) is 5.75 Å². The number of amides is 1. The predicted molar refractivity (Wildman–Crippen MR) is 97.5 cm³/mol. The summed E-state index contributed by atoms with van der Waals surface area (Å²) in [5.41, 5.74) is 0.492. The minimum atomic E-state index is -3.78. The monoisotopic (exact) mass is 382 g/mol. The van der Waals surface area contributed by atoms with Crippen molar-refractivity contribution in [3.63, 3.8) is 0 Å². The molecule has 134 valence electrons. The number of sulfonamides is 1. The molecule has 0 saturated heterocycles. The third-order valence-corrected chi connectivity index (χ3v) is 5.42. The van der Waals surface area contributed by atoms with Crippen molar-refractivity contribution in [1.29, 1.82) is 0 Å². The van der Waals surface area contributed by atoms with Gasteiger partial charge in [-0.25, -0.2) is 8.42 Å². The van der Waals surface area contributed by atoms with Gasteiger partial charge in [-0.2, -0.15) is 4.31 Å².